The number of carbonyl (C=O) groups is 2. The molecule has 2 aliphatic rings. The zero-order valence-electron chi connectivity index (χ0n) is 9.22. The number of carboxylic acids is 2. The summed E-state index contributed by atoms with van der Waals surface area (Å²) in [5, 5.41) is 23.9. The van der Waals surface area contributed by atoms with Gasteiger partial charge in [0.2, 0.25) is 0 Å². The average Bonchev–Trinajstić information content (AvgIpc) is 1.98. The quantitative estimate of drug-likeness (QED) is 0.423. The molecule has 90 valence electrons. The second kappa shape index (κ2) is 4.84. The summed E-state index contributed by atoms with van der Waals surface area (Å²) in [6, 6.07) is 0. The van der Waals surface area contributed by atoms with E-state index in [4.69, 9.17) is 24.8 Å². The molecule has 0 aromatic carbocycles. The topological polar surface area (TPSA) is 98.1 Å². The molecule has 7 heteroatoms. The van der Waals surface area contributed by atoms with Crippen molar-refractivity contribution in [3.8, 4) is 0 Å². The van der Waals surface area contributed by atoms with Crippen molar-refractivity contribution in [1.82, 2.24) is 4.81 Å². The standard InChI is InChI=1S/C7H14BNO.C2H2O4/c1-8(10)9-5-7(6-9)3-2-4-7;3-1(4)2(5)6/h10H,2-6H2,1H3;(H,3,4)(H,5,6). The maximum Gasteiger partial charge on any atom is 0.414 e. The Morgan fingerprint density at radius 1 is 1.19 bits per heavy atom. The molecular weight excluding hydrogens is 213 g/mol. The maximum absolute atomic E-state index is 9.15. The lowest BCUT2D eigenvalue weighted by Gasteiger charge is -2.56. The molecule has 6 nitrogen and oxygen atoms in total. The monoisotopic (exact) mass is 229 g/mol. The van der Waals surface area contributed by atoms with Crippen LogP contribution in [0.3, 0.4) is 0 Å². The highest BCUT2D eigenvalue weighted by Gasteiger charge is 2.48. The first kappa shape index (κ1) is 13.0. The molecule has 0 atom stereocenters. The Morgan fingerprint density at radius 2 is 1.62 bits per heavy atom. The van der Waals surface area contributed by atoms with E-state index in [2.05, 4.69) is 4.81 Å². The molecule has 3 N–H and O–H groups in total. The molecule has 0 unspecified atom stereocenters. The van der Waals surface area contributed by atoms with Gasteiger partial charge in [-0.1, -0.05) is 6.42 Å². The highest BCUT2D eigenvalue weighted by molar-refractivity contribution is 6.45. The van der Waals surface area contributed by atoms with Crippen molar-refractivity contribution in [3.05, 3.63) is 0 Å². The molecule has 1 aliphatic carbocycles. The molecule has 1 saturated carbocycles. The van der Waals surface area contributed by atoms with E-state index in [0.717, 1.165) is 13.1 Å². The van der Waals surface area contributed by atoms with Crippen molar-refractivity contribution in [2.45, 2.75) is 26.1 Å². The van der Waals surface area contributed by atoms with E-state index in [1.54, 1.807) is 0 Å². The predicted octanol–water partition coefficient (Wildman–Crippen LogP) is -0.262. The fraction of sp³-hybridized carbons (Fsp3) is 0.778. The molecule has 0 radical (unpaired) electrons. The molecule has 0 bridgehead atoms. The van der Waals surface area contributed by atoms with Crippen LogP contribution in [0.4, 0.5) is 0 Å². The van der Waals surface area contributed by atoms with Gasteiger partial charge in [-0.25, -0.2) is 9.59 Å². The summed E-state index contributed by atoms with van der Waals surface area (Å²) >= 11 is 0. The largest absolute Gasteiger partial charge is 0.473 e. The molecule has 2 rings (SSSR count). The molecule has 2 fully saturated rings. The Kier molecular flexibility index (Phi) is 3.93. The summed E-state index contributed by atoms with van der Waals surface area (Å²) in [6.07, 6.45) is 4.21. The Morgan fingerprint density at radius 3 is 1.81 bits per heavy atom. The van der Waals surface area contributed by atoms with Crippen LogP contribution in [0.2, 0.25) is 6.82 Å². The smallest absolute Gasteiger partial charge is 0.414 e. The van der Waals surface area contributed by atoms with E-state index in [1.807, 2.05) is 6.82 Å². The highest BCUT2D eigenvalue weighted by Crippen LogP contribution is 2.48. The molecule has 16 heavy (non-hydrogen) atoms. The van der Waals surface area contributed by atoms with Crippen molar-refractivity contribution in [2.75, 3.05) is 13.1 Å². The highest BCUT2D eigenvalue weighted by atomic mass is 16.4. The number of rotatable bonds is 1. The lowest BCUT2D eigenvalue weighted by molar-refractivity contribution is -0.159. The third-order valence-corrected chi connectivity index (χ3v) is 3.20. The van der Waals surface area contributed by atoms with E-state index < -0.39 is 11.9 Å². The number of aliphatic carboxylic acids is 2. The SMILES string of the molecule is CB(O)N1CC2(CCC2)C1.O=C(O)C(=O)O. The first-order valence-corrected chi connectivity index (χ1v) is 5.25. The molecule has 0 amide bonds. The fourth-order valence-corrected chi connectivity index (χ4v) is 2.07. The second-order valence-corrected chi connectivity index (χ2v) is 4.50. The fourth-order valence-electron chi connectivity index (χ4n) is 2.07. The van der Waals surface area contributed by atoms with E-state index >= 15 is 0 Å². The number of nitrogens with zero attached hydrogens (tertiary/aromatic N) is 1. The maximum atomic E-state index is 9.15. The molecule has 1 saturated heterocycles. The van der Waals surface area contributed by atoms with E-state index in [0.29, 0.717) is 5.41 Å². The van der Waals surface area contributed by atoms with Crippen LogP contribution in [0.1, 0.15) is 19.3 Å². The minimum absolute atomic E-state index is 0.216. The summed E-state index contributed by atoms with van der Waals surface area (Å²) in [5.74, 6) is -3.65. The number of hydrogen-bond donors (Lipinski definition) is 3. The van der Waals surface area contributed by atoms with Gasteiger partial charge in [0.15, 0.2) is 0 Å². The van der Waals surface area contributed by atoms with Gasteiger partial charge in [-0.15, -0.1) is 0 Å². The van der Waals surface area contributed by atoms with E-state index in [9.17, 15) is 0 Å². The molecule has 1 heterocycles. The molecule has 0 aromatic rings. The van der Waals surface area contributed by atoms with E-state index in [-0.39, 0.29) is 7.05 Å². The third kappa shape index (κ3) is 2.96. The van der Waals surface area contributed by atoms with Crippen molar-refractivity contribution >= 4 is 19.0 Å². The third-order valence-electron chi connectivity index (χ3n) is 3.20. The lowest BCUT2D eigenvalue weighted by Crippen LogP contribution is -2.63. The van der Waals surface area contributed by atoms with Crippen molar-refractivity contribution < 1.29 is 24.8 Å². The Balaban J connectivity index is 0.000000187. The normalized spacial score (nSPS) is 21.1. The van der Waals surface area contributed by atoms with Crippen molar-refractivity contribution in [3.63, 3.8) is 0 Å². The predicted molar refractivity (Wildman–Crippen MR) is 57.0 cm³/mol. The summed E-state index contributed by atoms with van der Waals surface area (Å²) < 4.78 is 0. The van der Waals surface area contributed by atoms with Crippen molar-refractivity contribution in [2.24, 2.45) is 5.41 Å². The molecular formula is C9H16BNO5. The van der Waals surface area contributed by atoms with E-state index in [1.165, 1.54) is 19.3 Å². The molecule has 1 spiro atoms. The average molecular weight is 229 g/mol. The van der Waals surface area contributed by atoms with Gasteiger partial charge in [0.05, 0.1) is 0 Å². The Hall–Kier alpha value is -1.08. The summed E-state index contributed by atoms with van der Waals surface area (Å²) in [7, 11) is -0.216. The number of carboxylic acid groups (broad SMARTS) is 2. The van der Waals surface area contributed by atoms with Crippen LogP contribution in [0.25, 0.3) is 0 Å². The van der Waals surface area contributed by atoms with Gasteiger partial charge in [0.25, 0.3) is 0 Å². The number of hydrogen-bond acceptors (Lipinski definition) is 4. The minimum Gasteiger partial charge on any atom is -0.473 e. The minimum atomic E-state index is -1.82. The van der Waals surface area contributed by atoms with Crippen LogP contribution in [0.15, 0.2) is 0 Å². The lowest BCUT2D eigenvalue weighted by atomic mass is 9.59. The van der Waals surface area contributed by atoms with Crippen LogP contribution in [0.5, 0.6) is 0 Å². The van der Waals surface area contributed by atoms with Crippen LogP contribution in [-0.4, -0.2) is 52.1 Å². The van der Waals surface area contributed by atoms with Crippen LogP contribution in [0, 0.1) is 5.41 Å². The molecule has 0 aromatic heterocycles. The summed E-state index contributed by atoms with van der Waals surface area (Å²) in [4.78, 5) is 20.3. The van der Waals surface area contributed by atoms with Gasteiger partial charge < -0.3 is 20.0 Å². The summed E-state index contributed by atoms with van der Waals surface area (Å²) in [5.41, 5.74) is 0.664. The van der Waals surface area contributed by atoms with Gasteiger partial charge in [0.1, 0.15) is 0 Å². The van der Waals surface area contributed by atoms with Crippen LogP contribution in [-0.2, 0) is 9.59 Å². The van der Waals surface area contributed by atoms with Crippen LogP contribution >= 0.6 is 0 Å². The first-order valence-electron chi connectivity index (χ1n) is 5.25. The first-order chi connectivity index (χ1) is 7.36. The summed E-state index contributed by atoms with van der Waals surface area (Å²) in [6.45, 7) is 4.14. The zero-order valence-corrected chi connectivity index (χ0v) is 9.22. The van der Waals surface area contributed by atoms with Gasteiger partial charge in [-0.05, 0) is 38.2 Å². The van der Waals surface area contributed by atoms with Crippen LogP contribution < -0.4 is 0 Å². The second-order valence-electron chi connectivity index (χ2n) is 4.50. The van der Waals surface area contributed by atoms with Gasteiger partial charge in [-0.2, -0.15) is 0 Å². The van der Waals surface area contributed by atoms with Crippen molar-refractivity contribution in [1.29, 1.82) is 0 Å². The Bertz CT molecular complexity index is 270. The Labute approximate surface area is 94.0 Å². The van der Waals surface area contributed by atoms with Gasteiger partial charge >= 0.3 is 19.0 Å². The zero-order chi connectivity index (χ0) is 12.3. The molecule has 1 aliphatic heterocycles. The van der Waals surface area contributed by atoms with Gasteiger partial charge in [-0.3, -0.25) is 0 Å². The van der Waals surface area contributed by atoms with Gasteiger partial charge in [0, 0.05) is 0 Å².